The lowest BCUT2D eigenvalue weighted by Crippen LogP contribution is -2.50. The number of rotatable bonds is 7. The summed E-state index contributed by atoms with van der Waals surface area (Å²) in [5, 5.41) is 10.2. The fraction of sp³-hybridized carbons (Fsp3) is 0.931. The third-order valence-corrected chi connectivity index (χ3v) is 10.8. The Bertz CT molecular complexity index is 620. The Morgan fingerprint density at radius 1 is 0.933 bits per heavy atom. The molecule has 3 fully saturated rings. The molecule has 0 aromatic carbocycles. The largest absolute Gasteiger partial charge is 0.393 e. The summed E-state index contributed by atoms with van der Waals surface area (Å²) in [5.74, 6) is 5.48. The summed E-state index contributed by atoms with van der Waals surface area (Å²) in [6.45, 7) is 12.6. The first-order chi connectivity index (χ1) is 14.3. The van der Waals surface area contributed by atoms with Crippen LogP contribution in [0.15, 0.2) is 11.6 Å². The highest BCUT2D eigenvalue weighted by Gasteiger charge is 2.59. The molecule has 172 valence electrons. The minimum atomic E-state index is -0.0769. The van der Waals surface area contributed by atoms with Crippen molar-refractivity contribution in [2.45, 2.75) is 124 Å². The Balaban J connectivity index is 1.40. The van der Waals surface area contributed by atoms with Gasteiger partial charge in [0.1, 0.15) is 0 Å². The molecule has 4 aliphatic rings. The highest BCUT2D eigenvalue weighted by molar-refractivity contribution is 5.25. The Kier molecular flexibility index (Phi) is 6.80. The lowest BCUT2D eigenvalue weighted by molar-refractivity contribution is -0.0572. The number of hydrogen-bond donors (Lipinski definition) is 1. The van der Waals surface area contributed by atoms with Crippen molar-refractivity contribution in [3.63, 3.8) is 0 Å². The van der Waals surface area contributed by atoms with Crippen LogP contribution in [0.4, 0.5) is 0 Å². The fourth-order valence-corrected chi connectivity index (χ4v) is 9.01. The van der Waals surface area contributed by atoms with Crippen LogP contribution in [0.25, 0.3) is 0 Å². The van der Waals surface area contributed by atoms with Crippen LogP contribution in [0.2, 0.25) is 0 Å². The number of aliphatic hydroxyl groups is 1. The average Bonchev–Trinajstić information content (AvgIpc) is 3.05. The average molecular weight is 415 g/mol. The number of aliphatic hydroxyl groups excluding tert-OH is 1. The van der Waals surface area contributed by atoms with Gasteiger partial charge < -0.3 is 5.11 Å². The van der Waals surface area contributed by atoms with E-state index >= 15 is 0 Å². The first kappa shape index (κ1) is 22.9. The van der Waals surface area contributed by atoms with Crippen LogP contribution in [0.1, 0.15) is 118 Å². The summed E-state index contributed by atoms with van der Waals surface area (Å²) < 4.78 is 0. The van der Waals surface area contributed by atoms with Crippen molar-refractivity contribution in [1.82, 2.24) is 0 Å². The standard InChI is InChI=1S/C29H50O/c1-20(2)9-7-6-8-10-21(3)25-13-14-26-24-12-11-22-19-23(30)15-17-28(22,4)27(24)16-18-29(25,26)5/h11,20-21,23-27,30H,6-10,12-19H2,1-5H3/t21-,23+,24+,25?,26+,27+,28+,29-/m1/s1. The van der Waals surface area contributed by atoms with Crippen LogP contribution in [0, 0.1) is 46.3 Å². The van der Waals surface area contributed by atoms with Crippen molar-refractivity contribution in [3.8, 4) is 0 Å². The summed E-state index contributed by atoms with van der Waals surface area (Å²) >= 11 is 0. The summed E-state index contributed by atoms with van der Waals surface area (Å²) in [4.78, 5) is 0. The molecule has 1 nitrogen and oxygen atoms in total. The third-order valence-electron chi connectivity index (χ3n) is 10.8. The van der Waals surface area contributed by atoms with Crippen LogP contribution in [0.3, 0.4) is 0 Å². The highest BCUT2D eigenvalue weighted by Crippen LogP contribution is 2.67. The van der Waals surface area contributed by atoms with Crippen molar-refractivity contribution in [2.24, 2.45) is 46.3 Å². The van der Waals surface area contributed by atoms with Gasteiger partial charge in [0, 0.05) is 0 Å². The number of allylic oxidation sites excluding steroid dienone is 1. The molecule has 0 spiro atoms. The molecule has 0 aliphatic heterocycles. The van der Waals surface area contributed by atoms with Gasteiger partial charge in [-0.05, 0) is 97.7 Å². The van der Waals surface area contributed by atoms with E-state index in [1.165, 1.54) is 70.6 Å². The van der Waals surface area contributed by atoms with Gasteiger partial charge in [0.15, 0.2) is 0 Å². The van der Waals surface area contributed by atoms with Crippen LogP contribution >= 0.6 is 0 Å². The van der Waals surface area contributed by atoms with Gasteiger partial charge in [-0.2, -0.15) is 0 Å². The van der Waals surface area contributed by atoms with Gasteiger partial charge in [-0.15, -0.1) is 0 Å². The van der Waals surface area contributed by atoms with Crippen molar-refractivity contribution in [1.29, 1.82) is 0 Å². The van der Waals surface area contributed by atoms with E-state index in [0.29, 0.717) is 10.8 Å². The van der Waals surface area contributed by atoms with Gasteiger partial charge in [-0.1, -0.05) is 78.4 Å². The summed E-state index contributed by atoms with van der Waals surface area (Å²) in [6.07, 6.45) is 20.1. The van der Waals surface area contributed by atoms with Gasteiger partial charge in [0.2, 0.25) is 0 Å². The summed E-state index contributed by atoms with van der Waals surface area (Å²) in [6, 6.07) is 0. The van der Waals surface area contributed by atoms with Gasteiger partial charge in [-0.3, -0.25) is 0 Å². The van der Waals surface area contributed by atoms with Gasteiger partial charge in [0.25, 0.3) is 0 Å². The van der Waals surface area contributed by atoms with Crippen molar-refractivity contribution >= 4 is 0 Å². The predicted octanol–water partition coefficient (Wildman–Crippen LogP) is 8.17. The Morgan fingerprint density at radius 2 is 1.70 bits per heavy atom. The third kappa shape index (κ3) is 4.06. The SMILES string of the molecule is CC(C)CCCCC[C@@H](C)C1CC[C@H]2[C@@H]3CC=C4C[C@@H](O)CC[C@]4(C)[C@H]3CC[C@]12C. The molecule has 0 amide bonds. The minimum absolute atomic E-state index is 0.0769. The first-order valence-corrected chi connectivity index (χ1v) is 13.6. The van der Waals surface area contributed by atoms with E-state index in [2.05, 4.69) is 40.7 Å². The van der Waals surface area contributed by atoms with Crippen molar-refractivity contribution in [2.75, 3.05) is 0 Å². The van der Waals surface area contributed by atoms with Crippen LogP contribution in [0.5, 0.6) is 0 Å². The fourth-order valence-electron chi connectivity index (χ4n) is 9.01. The molecular weight excluding hydrogens is 364 g/mol. The topological polar surface area (TPSA) is 20.2 Å². The van der Waals surface area contributed by atoms with E-state index in [1.807, 2.05) is 0 Å². The van der Waals surface area contributed by atoms with E-state index in [0.717, 1.165) is 48.3 Å². The predicted molar refractivity (Wildman–Crippen MR) is 128 cm³/mol. The second kappa shape index (κ2) is 8.92. The smallest absolute Gasteiger partial charge is 0.0577 e. The molecule has 1 unspecified atom stereocenters. The first-order valence-electron chi connectivity index (χ1n) is 13.6. The zero-order valence-corrected chi connectivity index (χ0v) is 20.8. The van der Waals surface area contributed by atoms with E-state index in [9.17, 15) is 5.11 Å². The highest BCUT2D eigenvalue weighted by atomic mass is 16.3. The van der Waals surface area contributed by atoms with Crippen LogP contribution in [-0.4, -0.2) is 11.2 Å². The van der Waals surface area contributed by atoms with Gasteiger partial charge >= 0.3 is 0 Å². The van der Waals surface area contributed by atoms with Gasteiger partial charge in [0.05, 0.1) is 6.10 Å². The number of fused-ring (bicyclic) bond motifs is 5. The molecule has 0 saturated heterocycles. The van der Waals surface area contributed by atoms with E-state index < -0.39 is 0 Å². The molecule has 1 heteroatoms. The monoisotopic (exact) mass is 414 g/mol. The van der Waals surface area contributed by atoms with Crippen molar-refractivity contribution < 1.29 is 5.11 Å². The molecule has 0 bridgehead atoms. The Hall–Kier alpha value is -0.300. The molecule has 30 heavy (non-hydrogen) atoms. The molecule has 0 heterocycles. The Morgan fingerprint density at radius 3 is 2.47 bits per heavy atom. The zero-order valence-electron chi connectivity index (χ0n) is 20.8. The quantitative estimate of drug-likeness (QED) is 0.329. The molecule has 1 N–H and O–H groups in total. The summed E-state index contributed by atoms with van der Waals surface area (Å²) in [5.41, 5.74) is 2.60. The summed E-state index contributed by atoms with van der Waals surface area (Å²) in [7, 11) is 0. The number of hydrogen-bond acceptors (Lipinski definition) is 1. The van der Waals surface area contributed by atoms with Gasteiger partial charge in [-0.25, -0.2) is 0 Å². The van der Waals surface area contributed by atoms with Crippen LogP contribution in [-0.2, 0) is 0 Å². The second-order valence-electron chi connectivity index (χ2n) is 12.9. The van der Waals surface area contributed by atoms with E-state index in [1.54, 1.807) is 5.57 Å². The Labute approximate surface area is 187 Å². The molecule has 4 rings (SSSR count). The van der Waals surface area contributed by atoms with Crippen molar-refractivity contribution in [3.05, 3.63) is 11.6 Å². The molecule has 3 saturated carbocycles. The number of unbranched alkanes of at least 4 members (excludes halogenated alkanes) is 2. The molecular formula is C29H50O. The lowest BCUT2D eigenvalue weighted by atomic mass is 9.47. The maximum Gasteiger partial charge on any atom is 0.0577 e. The van der Waals surface area contributed by atoms with E-state index in [4.69, 9.17) is 0 Å². The maximum absolute atomic E-state index is 10.2. The maximum atomic E-state index is 10.2. The van der Waals surface area contributed by atoms with E-state index in [-0.39, 0.29) is 6.10 Å². The van der Waals surface area contributed by atoms with Crippen LogP contribution < -0.4 is 0 Å². The molecule has 4 aliphatic carbocycles. The normalized spacial score (nSPS) is 44.2. The molecule has 0 aromatic rings. The molecule has 0 aromatic heterocycles. The second-order valence-corrected chi connectivity index (χ2v) is 12.9. The minimum Gasteiger partial charge on any atom is -0.393 e. The molecule has 0 radical (unpaired) electrons. The lowest BCUT2D eigenvalue weighted by Gasteiger charge is -2.58. The molecule has 8 atom stereocenters. The zero-order chi connectivity index (χ0) is 21.5.